The monoisotopic (exact) mass is 356 g/mol. The molecule has 1 saturated heterocycles. The Labute approximate surface area is 153 Å². The largest absolute Gasteiger partial charge is 0.493 e. The molecule has 0 radical (unpaired) electrons. The number of ether oxygens (including phenoxy) is 2. The Morgan fingerprint density at radius 1 is 1.23 bits per heavy atom. The Morgan fingerprint density at radius 3 is 2.69 bits per heavy atom. The number of aromatic nitrogens is 1. The molecule has 1 aromatic carbocycles. The molecule has 26 heavy (non-hydrogen) atoms. The summed E-state index contributed by atoms with van der Waals surface area (Å²) in [5, 5.41) is 9.45. The van der Waals surface area contributed by atoms with E-state index in [0.717, 1.165) is 24.2 Å². The quantitative estimate of drug-likeness (QED) is 0.858. The second-order valence-electron chi connectivity index (χ2n) is 6.44. The summed E-state index contributed by atoms with van der Waals surface area (Å²) in [6.45, 7) is 1.34. The normalized spacial score (nSPS) is 18.9. The molecule has 1 aliphatic heterocycles. The highest BCUT2D eigenvalue weighted by Crippen LogP contribution is 2.36. The molecule has 0 bridgehead atoms. The Hall–Kier alpha value is -2.60. The Kier molecular flexibility index (Phi) is 5.73. The molecule has 0 saturated carbocycles. The molecule has 2 heterocycles. The van der Waals surface area contributed by atoms with Gasteiger partial charge < -0.3 is 14.6 Å². The molecule has 0 amide bonds. The molecule has 0 aliphatic carbocycles. The fourth-order valence-corrected chi connectivity index (χ4v) is 3.57. The van der Waals surface area contributed by atoms with Gasteiger partial charge in [0.25, 0.3) is 0 Å². The summed E-state index contributed by atoms with van der Waals surface area (Å²) >= 11 is 0. The number of nitrogens with zero attached hydrogens (tertiary/aromatic N) is 2. The molecule has 0 spiro atoms. The minimum atomic E-state index is -0.734. The number of carboxylic acid groups (broad SMARTS) is 1. The van der Waals surface area contributed by atoms with Crippen LogP contribution in [0.5, 0.6) is 11.5 Å². The maximum Gasteiger partial charge on any atom is 0.307 e. The van der Waals surface area contributed by atoms with E-state index in [4.69, 9.17) is 9.47 Å². The number of aliphatic carboxylic acids is 1. The van der Waals surface area contributed by atoms with Crippen molar-refractivity contribution in [2.75, 3.05) is 27.3 Å². The average molecular weight is 356 g/mol. The van der Waals surface area contributed by atoms with Crippen LogP contribution in [0.3, 0.4) is 0 Å². The third-order valence-corrected chi connectivity index (χ3v) is 4.86. The molecule has 3 rings (SSSR count). The summed E-state index contributed by atoms with van der Waals surface area (Å²) in [6.07, 6.45) is 3.34. The summed E-state index contributed by atoms with van der Waals surface area (Å²) in [5.41, 5.74) is 1.90. The lowest BCUT2D eigenvalue weighted by Gasteiger charge is -2.37. The molecule has 138 valence electrons. The van der Waals surface area contributed by atoms with Crippen LogP contribution in [-0.2, 0) is 4.79 Å². The van der Waals surface area contributed by atoms with Crippen molar-refractivity contribution in [3.8, 4) is 11.5 Å². The summed E-state index contributed by atoms with van der Waals surface area (Å²) in [4.78, 5) is 18.2. The van der Waals surface area contributed by atoms with Crippen LogP contribution >= 0.6 is 0 Å². The van der Waals surface area contributed by atoms with Crippen LogP contribution < -0.4 is 9.47 Å². The van der Waals surface area contributed by atoms with Gasteiger partial charge in [0, 0.05) is 12.7 Å². The Bertz CT molecular complexity index is 751. The molecule has 2 atom stereocenters. The number of benzene rings is 1. The van der Waals surface area contributed by atoms with E-state index in [1.54, 1.807) is 20.4 Å². The molecule has 1 aromatic heterocycles. The number of carbonyl (C=O) groups is 1. The van der Waals surface area contributed by atoms with Crippen molar-refractivity contribution < 1.29 is 19.4 Å². The Morgan fingerprint density at radius 2 is 2.04 bits per heavy atom. The van der Waals surface area contributed by atoms with E-state index in [1.165, 1.54) is 0 Å². The smallest absolute Gasteiger partial charge is 0.307 e. The van der Waals surface area contributed by atoms with E-state index in [0.29, 0.717) is 24.5 Å². The summed E-state index contributed by atoms with van der Waals surface area (Å²) in [5.74, 6) is 0.229. The van der Waals surface area contributed by atoms with Gasteiger partial charge in [-0.15, -0.1) is 0 Å². The van der Waals surface area contributed by atoms with Crippen molar-refractivity contribution >= 4 is 5.97 Å². The van der Waals surface area contributed by atoms with E-state index in [9.17, 15) is 9.90 Å². The number of hydrogen-bond acceptors (Lipinski definition) is 5. The molecule has 2 unspecified atom stereocenters. The van der Waals surface area contributed by atoms with E-state index in [1.807, 2.05) is 36.4 Å². The van der Waals surface area contributed by atoms with Gasteiger partial charge in [0.1, 0.15) is 0 Å². The molecule has 6 nitrogen and oxygen atoms in total. The fourth-order valence-electron chi connectivity index (χ4n) is 3.57. The highest BCUT2D eigenvalue weighted by atomic mass is 16.5. The van der Waals surface area contributed by atoms with Crippen LogP contribution in [0.4, 0.5) is 0 Å². The fraction of sp³-hybridized carbons (Fsp3) is 0.400. The van der Waals surface area contributed by atoms with E-state index in [2.05, 4.69) is 9.88 Å². The lowest BCUT2D eigenvalue weighted by Crippen LogP contribution is -2.41. The standard InChI is InChI=1S/C20H24N2O4/c1-25-17-9-8-14(12-18(17)26-2)19(16-7-3-4-10-21-16)22-11-5-6-15(13-22)20(23)24/h3-4,7-10,12,15,19H,5-6,11,13H2,1-2H3,(H,23,24). The number of pyridine rings is 1. The predicted molar refractivity (Wildman–Crippen MR) is 97.6 cm³/mol. The van der Waals surface area contributed by atoms with Crippen LogP contribution in [0, 0.1) is 5.92 Å². The van der Waals surface area contributed by atoms with Crippen LogP contribution in [0.2, 0.25) is 0 Å². The van der Waals surface area contributed by atoms with Crippen LogP contribution in [0.25, 0.3) is 0 Å². The van der Waals surface area contributed by atoms with Crippen LogP contribution in [-0.4, -0.2) is 48.3 Å². The molecule has 2 aromatic rings. The van der Waals surface area contributed by atoms with Gasteiger partial charge in [-0.1, -0.05) is 12.1 Å². The summed E-state index contributed by atoms with van der Waals surface area (Å²) < 4.78 is 10.8. The van der Waals surface area contributed by atoms with Gasteiger partial charge in [0.2, 0.25) is 0 Å². The van der Waals surface area contributed by atoms with Crippen LogP contribution in [0.15, 0.2) is 42.6 Å². The first-order valence-electron chi connectivity index (χ1n) is 8.73. The predicted octanol–water partition coefficient (Wildman–Crippen LogP) is 2.98. The maximum absolute atomic E-state index is 11.5. The van der Waals surface area contributed by atoms with Crippen molar-refractivity contribution in [3.05, 3.63) is 53.9 Å². The van der Waals surface area contributed by atoms with Crippen molar-refractivity contribution in [3.63, 3.8) is 0 Å². The third kappa shape index (κ3) is 3.80. The van der Waals surface area contributed by atoms with Crippen molar-refractivity contribution in [2.24, 2.45) is 5.92 Å². The lowest BCUT2D eigenvalue weighted by molar-refractivity contribution is -0.143. The number of methoxy groups -OCH3 is 2. The van der Waals surface area contributed by atoms with Gasteiger partial charge in [0.05, 0.1) is 31.9 Å². The highest BCUT2D eigenvalue weighted by molar-refractivity contribution is 5.70. The first-order valence-corrected chi connectivity index (χ1v) is 8.73. The van der Waals surface area contributed by atoms with Gasteiger partial charge in [-0.3, -0.25) is 14.7 Å². The first-order chi connectivity index (χ1) is 12.6. The number of likely N-dealkylation sites (tertiary alicyclic amines) is 1. The SMILES string of the molecule is COc1ccc(C(c2ccccn2)N2CCCC(C(=O)O)C2)cc1OC. The lowest BCUT2D eigenvalue weighted by atomic mass is 9.93. The zero-order valence-electron chi connectivity index (χ0n) is 15.1. The summed E-state index contributed by atoms with van der Waals surface area (Å²) in [6, 6.07) is 11.5. The minimum absolute atomic E-state index is 0.127. The third-order valence-electron chi connectivity index (χ3n) is 4.86. The molecule has 1 fully saturated rings. The summed E-state index contributed by atoms with van der Waals surface area (Å²) in [7, 11) is 3.22. The Balaban J connectivity index is 2.00. The molecule has 6 heteroatoms. The maximum atomic E-state index is 11.5. The first kappa shape index (κ1) is 18.2. The topological polar surface area (TPSA) is 71.9 Å². The minimum Gasteiger partial charge on any atom is -0.493 e. The number of carboxylic acids is 1. The van der Waals surface area contributed by atoms with Gasteiger partial charge in [0.15, 0.2) is 11.5 Å². The number of piperidine rings is 1. The van der Waals surface area contributed by atoms with Gasteiger partial charge >= 0.3 is 5.97 Å². The number of rotatable bonds is 6. The molecule has 1 aliphatic rings. The van der Waals surface area contributed by atoms with E-state index in [-0.39, 0.29) is 12.0 Å². The zero-order chi connectivity index (χ0) is 18.5. The zero-order valence-corrected chi connectivity index (χ0v) is 15.1. The van der Waals surface area contributed by atoms with E-state index >= 15 is 0 Å². The van der Waals surface area contributed by atoms with Crippen molar-refractivity contribution in [2.45, 2.75) is 18.9 Å². The van der Waals surface area contributed by atoms with Crippen LogP contribution in [0.1, 0.15) is 30.1 Å². The number of hydrogen-bond donors (Lipinski definition) is 1. The van der Waals surface area contributed by atoms with Gasteiger partial charge in [-0.25, -0.2) is 0 Å². The highest BCUT2D eigenvalue weighted by Gasteiger charge is 2.32. The molecular weight excluding hydrogens is 332 g/mol. The van der Waals surface area contributed by atoms with Gasteiger partial charge in [-0.2, -0.15) is 0 Å². The molecular formula is C20H24N2O4. The van der Waals surface area contributed by atoms with E-state index < -0.39 is 5.97 Å². The van der Waals surface area contributed by atoms with Crippen molar-refractivity contribution in [1.82, 2.24) is 9.88 Å². The average Bonchev–Trinajstić information content (AvgIpc) is 2.69. The second-order valence-corrected chi connectivity index (χ2v) is 6.44. The second kappa shape index (κ2) is 8.19. The molecule has 1 N–H and O–H groups in total. The van der Waals surface area contributed by atoms with Gasteiger partial charge in [-0.05, 0) is 49.2 Å². The van der Waals surface area contributed by atoms with Crippen molar-refractivity contribution in [1.29, 1.82) is 0 Å².